The smallest absolute Gasteiger partial charge is 0.157 e. The summed E-state index contributed by atoms with van der Waals surface area (Å²) in [5, 5.41) is 0.950. The van der Waals surface area contributed by atoms with Crippen molar-refractivity contribution in [2.75, 3.05) is 19.1 Å². The van der Waals surface area contributed by atoms with Crippen LogP contribution in [0.5, 0.6) is 11.5 Å². The van der Waals surface area contributed by atoms with Crippen LogP contribution >= 0.6 is 0 Å². The van der Waals surface area contributed by atoms with Crippen molar-refractivity contribution in [3.05, 3.63) is 78.5 Å². The molecule has 0 spiro atoms. The van der Waals surface area contributed by atoms with Gasteiger partial charge in [-0.3, -0.25) is 0 Å². The third kappa shape index (κ3) is 3.54. The maximum absolute atomic E-state index is 5.63. The lowest BCUT2D eigenvalue weighted by atomic mass is 10.2. The highest BCUT2D eigenvalue weighted by Crippen LogP contribution is 2.35. The van der Waals surface area contributed by atoms with E-state index in [1.165, 1.54) is 0 Å². The lowest BCUT2D eigenvalue weighted by Gasteiger charge is -2.23. The van der Waals surface area contributed by atoms with E-state index < -0.39 is 0 Å². The molecule has 7 nitrogen and oxygen atoms in total. The predicted molar refractivity (Wildman–Crippen MR) is 120 cm³/mol. The van der Waals surface area contributed by atoms with Gasteiger partial charge in [0.2, 0.25) is 0 Å². The van der Waals surface area contributed by atoms with Gasteiger partial charge in [-0.2, -0.15) is 0 Å². The summed E-state index contributed by atoms with van der Waals surface area (Å²) in [4.78, 5) is 14.9. The van der Waals surface area contributed by atoms with Crippen molar-refractivity contribution in [2.24, 2.45) is 0 Å². The maximum atomic E-state index is 5.63. The molecular weight excluding hydrogens is 392 g/mol. The number of aromatic amines is 1. The number of fused-ring (bicyclic) bond motifs is 3. The summed E-state index contributed by atoms with van der Waals surface area (Å²) in [5.41, 5.74) is 3.78. The molecule has 31 heavy (non-hydrogen) atoms. The maximum Gasteiger partial charge on any atom is 0.157 e. The summed E-state index contributed by atoms with van der Waals surface area (Å²) in [7, 11) is 3.34. The molecule has 5 aromatic rings. The Morgan fingerprint density at radius 2 is 1.81 bits per heavy atom. The van der Waals surface area contributed by atoms with Gasteiger partial charge in [0.1, 0.15) is 34.6 Å². The van der Waals surface area contributed by atoms with E-state index in [2.05, 4.69) is 32.0 Å². The molecule has 156 valence electrons. The van der Waals surface area contributed by atoms with Crippen LogP contribution < -0.4 is 14.4 Å². The summed E-state index contributed by atoms with van der Waals surface area (Å²) < 4.78 is 16.5. The molecule has 0 radical (unpaired) electrons. The van der Waals surface area contributed by atoms with Crippen LogP contribution in [0, 0.1) is 0 Å². The normalized spacial score (nSPS) is 11.2. The van der Waals surface area contributed by atoms with Crippen molar-refractivity contribution in [1.29, 1.82) is 0 Å². The van der Waals surface area contributed by atoms with E-state index in [-0.39, 0.29) is 0 Å². The average Bonchev–Trinajstić information content (AvgIpc) is 3.46. The lowest BCUT2D eigenvalue weighted by molar-refractivity contribution is 0.414. The van der Waals surface area contributed by atoms with Gasteiger partial charge in [-0.05, 0) is 42.0 Å². The number of nitrogens with one attached hydrogen (secondary N) is 1. The first-order valence-electron chi connectivity index (χ1n) is 9.96. The van der Waals surface area contributed by atoms with Crippen molar-refractivity contribution in [3.8, 4) is 11.5 Å². The van der Waals surface area contributed by atoms with Crippen LogP contribution in [0.15, 0.2) is 71.6 Å². The van der Waals surface area contributed by atoms with E-state index in [1.54, 1.807) is 26.8 Å². The molecule has 3 aromatic heterocycles. The second-order valence-corrected chi connectivity index (χ2v) is 7.21. The molecule has 0 aliphatic heterocycles. The minimum absolute atomic E-state index is 0.567. The highest BCUT2D eigenvalue weighted by molar-refractivity contribution is 6.11. The number of nitrogens with zero attached hydrogens (tertiary/aromatic N) is 3. The summed E-state index contributed by atoms with van der Waals surface area (Å²) in [6, 6.07) is 17.8. The van der Waals surface area contributed by atoms with E-state index in [0.29, 0.717) is 13.1 Å². The molecule has 0 amide bonds. The molecule has 0 fully saturated rings. The van der Waals surface area contributed by atoms with Gasteiger partial charge in [-0.15, -0.1) is 0 Å². The Hall–Kier alpha value is -4.00. The number of aromatic nitrogens is 3. The van der Waals surface area contributed by atoms with Crippen molar-refractivity contribution in [1.82, 2.24) is 15.0 Å². The molecule has 0 unspecified atom stereocenters. The highest BCUT2D eigenvalue weighted by atomic mass is 16.5. The predicted octanol–water partition coefficient (Wildman–Crippen LogP) is 4.93. The zero-order valence-corrected chi connectivity index (χ0v) is 17.3. The van der Waals surface area contributed by atoms with Gasteiger partial charge in [-0.1, -0.05) is 18.2 Å². The number of benzene rings is 2. The lowest BCUT2D eigenvalue weighted by Crippen LogP contribution is -2.23. The first kappa shape index (κ1) is 19.0. The molecular formula is C24H22N4O3. The fourth-order valence-electron chi connectivity index (χ4n) is 3.85. The van der Waals surface area contributed by atoms with Crippen molar-refractivity contribution < 1.29 is 13.9 Å². The quantitative estimate of drug-likeness (QED) is 0.407. The Bertz CT molecular complexity index is 1310. The van der Waals surface area contributed by atoms with Gasteiger partial charge >= 0.3 is 0 Å². The molecule has 0 saturated carbocycles. The SMILES string of the molecule is COc1ccc(CN(Cc2ccco2)c2ncnc3c2[nH]c2cccc(OC)c23)cc1. The molecule has 0 bridgehead atoms. The Morgan fingerprint density at radius 3 is 2.55 bits per heavy atom. The number of H-pyrrole nitrogens is 1. The van der Waals surface area contributed by atoms with E-state index in [9.17, 15) is 0 Å². The van der Waals surface area contributed by atoms with E-state index in [0.717, 1.165) is 50.6 Å². The van der Waals surface area contributed by atoms with Gasteiger partial charge in [0.25, 0.3) is 0 Å². The Morgan fingerprint density at radius 1 is 0.935 bits per heavy atom. The number of ether oxygens (including phenoxy) is 2. The Kier molecular flexibility index (Phi) is 4.92. The highest BCUT2D eigenvalue weighted by Gasteiger charge is 2.19. The molecule has 5 rings (SSSR count). The molecule has 1 N–H and O–H groups in total. The summed E-state index contributed by atoms with van der Waals surface area (Å²) in [6.45, 7) is 1.21. The first-order chi connectivity index (χ1) is 15.3. The number of hydrogen-bond donors (Lipinski definition) is 1. The van der Waals surface area contributed by atoms with E-state index >= 15 is 0 Å². The molecule has 7 heteroatoms. The molecule has 3 heterocycles. The summed E-state index contributed by atoms with van der Waals surface area (Å²) in [6.07, 6.45) is 3.28. The van der Waals surface area contributed by atoms with Crippen LogP contribution in [0.3, 0.4) is 0 Å². The van der Waals surface area contributed by atoms with Gasteiger partial charge < -0.3 is 23.8 Å². The van der Waals surface area contributed by atoms with E-state index in [1.807, 2.05) is 42.5 Å². The van der Waals surface area contributed by atoms with Crippen LogP contribution in [0.2, 0.25) is 0 Å². The fourth-order valence-corrected chi connectivity index (χ4v) is 3.85. The van der Waals surface area contributed by atoms with Gasteiger partial charge in [-0.25, -0.2) is 9.97 Å². The fraction of sp³-hybridized carbons (Fsp3) is 0.167. The number of furan rings is 1. The standard InChI is InChI=1S/C24H22N4O3/c1-29-17-10-8-16(9-11-17)13-28(14-18-5-4-12-31-18)24-23-22(25-15-26-24)21-19(27-23)6-3-7-20(21)30-2/h3-12,15,27H,13-14H2,1-2H3. The summed E-state index contributed by atoms with van der Waals surface area (Å²) >= 11 is 0. The van der Waals surface area contributed by atoms with Crippen molar-refractivity contribution in [3.63, 3.8) is 0 Å². The van der Waals surface area contributed by atoms with Crippen LogP contribution in [0.1, 0.15) is 11.3 Å². The zero-order valence-electron chi connectivity index (χ0n) is 17.3. The molecule has 0 aliphatic rings. The first-order valence-corrected chi connectivity index (χ1v) is 9.96. The van der Waals surface area contributed by atoms with Gasteiger partial charge in [0.15, 0.2) is 5.82 Å². The minimum Gasteiger partial charge on any atom is -0.497 e. The number of rotatable bonds is 7. The molecule has 0 aliphatic carbocycles. The van der Waals surface area contributed by atoms with Crippen molar-refractivity contribution in [2.45, 2.75) is 13.1 Å². The third-order valence-electron chi connectivity index (χ3n) is 5.33. The minimum atomic E-state index is 0.567. The number of hydrogen-bond acceptors (Lipinski definition) is 6. The zero-order chi connectivity index (χ0) is 21.2. The Labute approximate surface area is 179 Å². The topological polar surface area (TPSA) is 76.4 Å². The van der Waals surface area contributed by atoms with Crippen LogP contribution in [0.4, 0.5) is 5.82 Å². The third-order valence-corrected chi connectivity index (χ3v) is 5.33. The molecule has 2 aromatic carbocycles. The van der Waals surface area contributed by atoms with Crippen molar-refractivity contribution >= 4 is 27.8 Å². The average molecular weight is 414 g/mol. The van der Waals surface area contributed by atoms with Crippen LogP contribution in [0.25, 0.3) is 21.9 Å². The number of anilines is 1. The number of methoxy groups -OCH3 is 2. The molecule has 0 atom stereocenters. The molecule has 0 saturated heterocycles. The Balaban J connectivity index is 1.62. The summed E-state index contributed by atoms with van der Waals surface area (Å²) in [5.74, 6) is 3.26. The van der Waals surface area contributed by atoms with E-state index in [4.69, 9.17) is 13.9 Å². The van der Waals surface area contributed by atoms with Gasteiger partial charge in [0, 0.05) is 6.54 Å². The second kappa shape index (κ2) is 8.02. The van der Waals surface area contributed by atoms with Crippen LogP contribution in [-0.4, -0.2) is 29.2 Å². The monoisotopic (exact) mass is 414 g/mol. The van der Waals surface area contributed by atoms with Gasteiger partial charge in [0.05, 0.1) is 37.9 Å². The largest absolute Gasteiger partial charge is 0.497 e. The second-order valence-electron chi connectivity index (χ2n) is 7.21. The van der Waals surface area contributed by atoms with Crippen LogP contribution in [-0.2, 0) is 13.1 Å².